The fourth-order valence-corrected chi connectivity index (χ4v) is 1.58. The summed E-state index contributed by atoms with van der Waals surface area (Å²) in [5.41, 5.74) is -0.994. The van der Waals surface area contributed by atoms with E-state index in [4.69, 9.17) is 9.47 Å². The first-order valence-electron chi connectivity index (χ1n) is 6.17. The summed E-state index contributed by atoms with van der Waals surface area (Å²) in [5, 5.41) is 9.73. The normalized spacial score (nSPS) is 10.8. The average molecular weight is 272 g/mol. The molecule has 7 nitrogen and oxygen atoms in total. The first-order valence-corrected chi connectivity index (χ1v) is 6.17. The molecule has 0 amide bonds. The maximum atomic E-state index is 11.5. The minimum absolute atomic E-state index is 0.149. The van der Waals surface area contributed by atoms with Crippen LogP contribution >= 0.6 is 0 Å². The minimum atomic E-state index is -0.589. The van der Waals surface area contributed by atoms with Crippen LogP contribution in [0.25, 0.3) is 0 Å². The van der Waals surface area contributed by atoms with Crippen molar-refractivity contribution in [3.8, 4) is 5.88 Å². The minimum Gasteiger partial charge on any atom is -0.494 e. The number of rotatable bonds is 8. The van der Waals surface area contributed by atoms with Crippen LogP contribution in [0.2, 0.25) is 0 Å². The molecule has 0 aliphatic heterocycles. The summed E-state index contributed by atoms with van der Waals surface area (Å²) in [6.07, 6.45) is 1.43. The molecule has 0 saturated heterocycles. The molecule has 2 N–H and O–H groups in total. The Hall–Kier alpha value is -1.60. The highest BCUT2D eigenvalue weighted by Crippen LogP contribution is 2.08. The number of H-pyrrole nitrogens is 1. The van der Waals surface area contributed by atoms with Gasteiger partial charge in [-0.15, -0.1) is 0 Å². The second kappa shape index (κ2) is 7.75. The summed E-state index contributed by atoms with van der Waals surface area (Å²) >= 11 is 0. The van der Waals surface area contributed by atoms with E-state index in [1.807, 2.05) is 0 Å². The van der Waals surface area contributed by atoms with E-state index < -0.39 is 11.2 Å². The van der Waals surface area contributed by atoms with Crippen LogP contribution < -0.4 is 11.2 Å². The van der Waals surface area contributed by atoms with Crippen molar-refractivity contribution in [3.05, 3.63) is 26.4 Å². The lowest BCUT2D eigenvalue weighted by molar-refractivity contribution is 0.0683. The highest BCUT2D eigenvalue weighted by molar-refractivity contribution is 5.20. The van der Waals surface area contributed by atoms with Crippen LogP contribution in [0.4, 0.5) is 0 Å². The number of unbranched alkanes of at least 4 members (excludes halogenated alkanes) is 1. The Labute approximate surface area is 110 Å². The molecule has 1 rings (SSSR count). The summed E-state index contributed by atoms with van der Waals surface area (Å²) in [5.74, 6) is -0.269. The molecular formula is C12H20N2O5. The Kier molecular flexibility index (Phi) is 6.31. The van der Waals surface area contributed by atoms with Gasteiger partial charge in [0.15, 0.2) is 0 Å². The number of methoxy groups -OCH3 is 1. The smallest absolute Gasteiger partial charge is 0.331 e. The predicted octanol–water partition coefficient (Wildman–Crippen LogP) is -0.00618. The van der Waals surface area contributed by atoms with Crippen molar-refractivity contribution in [3.63, 3.8) is 0 Å². The van der Waals surface area contributed by atoms with Gasteiger partial charge in [-0.25, -0.2) is 4.79 Å². The van der Waals surface area contributed by atoms with Crippen molar-refractivity contribution in [1.82, 2.24) is 9.55 Å². The number of hydrogen-bond acceptors (Lipinski definition) is 5. The summed E-state index contributed by atoms with van der Waals surface area (Å²) in [6, 6.07) is 0. The molecule has 0 spiro atoms. The van der Waals surface area contributed by atoms with Crippen molar-refractivity contribution in [2.24, 2.45) is 0 Å². The standard InChI is InChI=1S/C12H20N2O5/c1-9-10(15)13-12(17)14(11(9)16)5-3-4-6-19-8-7-18-2/h16H,3-8H2,1-2H3,(H,13,15,17). The van der Waals surface area contributed by atoms with Gasteiger partial charge in [0.25, 0.3) is 5.56 Å². The van der Waals surface area contributed by atoms with Gasteiger partial charge in [-0.2, -0.15) is 0 Å². The molecule has 0 saturated carbocycles. The Morgan fingerprint density at radius 3 is 2.63 bits per heavy atom. The topological polar surface area (TPSA) is 93.6 Å². The third-order valence-corrected chi connectivity index (χ3v) is 2.75. The zero-order valence-electron chi connectivity index (χ0n) is 11.3. The van der Waals surface area contributed by atoms with Crippen molar-refractivity contribution in [2.75, 3.05) is 26.9 Å². The summed E-state index contributed by atoms with van der Waals surface area (Å²) < 4.78 is 11.3. The number of nitrogens with zero attached hydrogens (tertiary/aromatic N) is 1. The quantitative estimate of drug-likeness (QED) is 0.649. The Balaban J connectivity index is 2.44. The second-order valence-corrected chi connectivity index (χ2v) is 4.17. The molecule has 0 aliphatic rings. The van der Waals surface area contributed by atoms with Gasteiger partial charge in [-0.05, 0) is 19.8 Å². The van der Waals surface area contributed by atoms with E-state index in [1.165, 1.54) is 6.92 Å². The number of ether oxygens (including phenoxy) is 2. The zero-order chi connectivity index (χ0) is 14.3. The Bertz CT molecular complexity index is 506. The van der Waals surface area contributed by atoms with E-state index in [2.05, 4.69) is 4.98 Å². The number of nitrogens with one attached hydrogen (secondary N) is 1. The highest BCUT2D eigenvalue weighted by Gasteiger charge is 2.09. The Morgan fingerprint density at radius 2 is 1.95 bits per heavy atom. The van der Waals surface area contributed by atoms with Crippen LogP contribution in [0, 0.1) is 6.92 Å². The van der Waals surface area contributed by atoms with E-state index in [0.717, 1.165) is 11.0 Å². The second-order valence-electron chi connectivity index (χ2n) is 4.17. The van der Waals surface area contributed by atoms with Gasteiger partial charge >= 0.3 is 5.69 Å². The van der Waals surface area contributed by atoms with Crippen LogP contribution in [0.1, 0.15) is 18.4 Å². The molecule has 0 fully saturated rings. The fourth-order valence-electron chi connectivity index (χ4n) is 1.58. The number of aromatic amines is 1. The molecule has 0 bridgehead atoms. The summed E-state index contributed by atoms with van der Waals surface area (Å²) in [6.45, 7) is 3.48. The maximum absolute atomic E-state index is 11.5. The third-order valence-electron chi connectivity index (χ3n) is 2.75. The molecule has 0 atom stereocenters. The fraction of sp³-hybridized carbons (Fsp3) is 0.667. The SMILES string of the molecule is COCCOCCCCn1c(O)c(C)c(=O)[nH]c1=O. The largest absolute Gasteiger partial charge is 0.494 e. The first kappa shape index (κ1) is 15.5. The van der Waals surface area contributed by atoms with Crippen LogP contribution in [0.3, 0.4) is 0 Å². The molecule has 7 heteroatoms. The van der Waals surface area contributed by atoms with Gasteiger partial charge in [0.2, 0.25) is 5.88 Å². The molecular weight excluding hydrogens is 252 g/mol. The van der Waals surface area contributed by atoms with E-state index in [0.29, 0.717) is 32.8 Å². The number of aromatic nitrogens is 2. The monoisotopic (exact) mass is 272 g/mol. The molecule has 1 heterocycles. The van der Waals surface area contributed by atoms with Crippen LogP contribution in [-0.2, 0) is 16.0 Å². The van der Waals surface area contributed by atoms with E-state index in [9.17, 15) is 14.7 Å². The lowest BCUT2D eigenvalue weighted by atomic mass is 10.3. The molecule has 1 aromatic rings. The van der Waals surface area contributed by atoms with Crippen molar-refractivity contribution < 1.29 is 14.6 Å². The van der Waals surface area contributed by atoms with Gasteiger partial charge < -0.3 is 14.6 Å². The molecule has 1 aromatic heterocycles. The van der Waals surface area contributed by atoms with Crippen molar-refractivity contribution >= 4 is 0 Å². The van der Waals surface area contributed by atoms with Crippen LogP contribution in [0.5, 0.6) is 5.88 Å². The molecule has 0 radical (unpaired) electrons. The molecule has 108 valence electrons. The number of hydrogen-bond donors (Lipinski definition) is 2. The van der Waals surface area contributed by atoms with Crippen LogP contribution in [-0.4, -0.2) is 41.6 Å². The van der Waals surface area contributed by atoms with Gasteiger partial charge in [0.05, 0.1) is 18.8 Å². The van der Waals surface area contributed by atoms with E-state index in [-0.39, 0.29) is 11.4 Å². The molecule has 0 aliphatic carbocycles. The first-order chi connectivity index (χ1) is 9.07. The zero-order valence-corrected chi connectivity index (χ0v) is 11.3. The van der Waals surface area contributed by atoms with Gasteiger partial charge in [0.1, 0.15) is 0 Å². The lowest BCUT2D eigenvalue weighted by Gasteiger charge is -2.09. The van der Waals surface area contributed by atoms with E-state index in [1.54, 1.807) is 7.11 Å². The molecule has 19 heavy (non-hydrogen) atoms. The maximum Gasteiger partial charge on any atom is 0.331 e. The van der Waals surface area contributed by atoms with Crippen molar-refractivity contribution in [1.29, 1.82) is 0 Å². The number of aromatic hydroxyl groups is 1. The lowest BCUT2D eigenvalue weighted by Crippen LogP contribution is -2.31. The Morgan fingerprint density at radius 1 is 1.21 bits per heavy atom. The highest BCUT2D eigenvalue weighted by atomic mass is 16.5. The molecule has 0 unspecified atom stereocenters. The van der Waals surface area contributed by atoms with E-state index >= 15 is 0 Å². The average Bonchev–Trinajstić information content (AvgIpc) is 2.38. The van der Waals surface area contributed by atoms with Crippen LogP contribution in [0.15, 0.2) is 9.59 Å². The molecule has 0 aromatic carbocycles. The summed E-state index contributed by atoms with van der Waals surface area (Å²) in [4.78, 5) is 24.9. The van der Waals surface area contributed by atoms with Gasteiger partial charge in [-0.3, -0.25) is 14.3 Å². The van der Waals surface area contributed by atoms with Crippen molar-refractivity contribution in [2.45, 2.75) is 26.3 Å². The van der Waals surface area contributed by atoms with Gasteiger partial charge in [0, 0.05) is 20.3 Å². The third kappa shape index (κ3) is 4.53. The summed E-state index contributed by atoms with van der Waals surface area (Å²) in [7, 11) is 1.61. The van der Waals surface area contributed by atoms with Gasteiger partial charge in [-0.1, -0.05) is 0 Å². The predicted molar refractivity (Wildman–Crippen MR) is 69.7 cm³/mol.